The molecule has 4 fully saturated rings. The van der Waals surface area contributed by atoms with Crippen molar-refractivity contribution < 1.29 is 32.3 Å². The van der Waals surface area contributed by atoms with Crippen LogP contribution in [-0.4, -0.2) is 119 Å². The highest BCUT2D eigenvalue weighted by atomic mass is 35.5. The lowest BCUT2D eigenvalue weighted by Crippen LogP contribution is -2.55. The number of thiophene rings is 1. The van der Waals surface area contributed by atoms with Gasteiger partial charge in [0.1, 0.15) is 0 Å². The van der Waals surface area contributed by atoms with Gasteiger partial charge in [0.15, 0.2) is 6.10 Å². The molecule has 2 unspecified atom stereocenters. The number of likely N-dealkylation sites (tertiary alicyclic amines) is 4. The molecule has 49 heavy (non-hydrogen) atoms. The van der Waals surface area contributed by atoms with E-state index in [0.29, 0.717) is 63.7 Å². The highest BCUT2D eigenvalue weighted by Crippen LogP contribution is 2.39. The highest BCUT2D eigenvalue weighted by molar-refractivity contribution is 7.08. The molecule has 2 aromatic rings. The number of amides is 4. The van der Waals surface area contributed by atoms with Crippen LogP contribution in [0.15, 0.2) is 22.9 Å². The molecular formula is C33H41ClF3N7O4S. The van der Waals surface area contributed by atoms with Crippen LogP contribution in [0.1, 0.15) is 48.8 Å². The van der Waals surface area contributed by atoms with Crippen molar-refractivity contribution in [3.05, 3.63) is 44.6 Å². The third-order valence-electron chi connectivity index (χ3n) is 11.0. The number of carbonyl (C=O) groups excluding carboxylic acids is 3. The number of piperidine rings is 2. The molecule has 7 rings (SSSR count). The van der Waals surface area contributed by atoms with Gasteiger partial charge in [0.25, 0.3) is 5.91 Å². The van der Waals surface area contributed by atoms with E-state index in [2.05, 4.69) is 22.2 Å². The van der Waals surface area contributed by atoms with Crippen LogP contribution < -0.4 is 11.1 Å². The molecule has 16 heteroatoms. The predicted octanol–water partition coefficient (Wildman–Crippen LogP) is 4.94. The second-order valence-electron chi connectivity index (χ2n) is 13.9. The SMILES string of the molecule is CN1CC2CC1CN2C1CCN(C(=O)[C@@H](Cc2cc(Cl)c(N)c(C(F)(F)F)c2)OC(=O)N2CCC(N3Cc4cscc4NC3=O)CC2)CC1. The molecule has 4 saturated heterocycles. The van der Waals surface area contributed by atoms with Crippen LogP contribution in [0.5, 0.6) is 0 Å². The Kier molecular flexibility index (Phi) is 9.39. The number of likely N-dealkylation sites (N-methyl/N-ethyl adjacent to an activating group) is 1. The standard InChI is InChI=1S/C33H41ClF3N7O4S/c1-40-15-24-13-23(40)16-43(24)21-2-6-41(7-3-21)30(45)28(12-19-10-25(33(35,36)37)29(38)26(34)11-19)48-32(47)42-8-4-22(5-9-42)44-14-20-17-49-18-27(20)39-31(44)46/h10-11,17-18,21-24,28H,2-9,12-16,38H2,1H3,(H,39,46)/t23?,24?,28-/m1/s1. The van der Waals surface area contributed by atoms with Gasteiger partial charge >= 0.3 is 18.3 Å². The Morgan fingerprint density at radius 3 is 2.37 bits per heavy atom. The normalized spacial score (nSPS) is 24.7. The molecule has 266 valence electrons. The molecule has 4 amide bonds. The van der Waals surface area contributed by atoms with E-state index in [1.165, 1.54) is 22.3 Å². The maximum atomic E-state index is 14.0. The number of halogens is 4. The molecular weight excluding hydrogens is 683 g/mol. The summed E-state index contributed by atoms with van der Waals surface area (Å²) in [7, 11) is 2.16. The van der Waals surface area contributed by atoms with E-state index in [1.807, 2.05) is 10.8 Å². The first-order chi connectivity index (χ1) is 23.4. The van der Waals surface area contributed by atoms with Crippen LogP contribution in [0.2, 0.25) is 5.02 Å². The molecule has 1 aromatic carbocycles. The van der Waals surface area contributed by atoms with Crippen molar-refractivity contribution in [3.8, 4) is 0 Å². The van der Waals surface area contributed by atoms with E-state index in [4.69, 9.17) is 22.1 Å². The number of anilines is 2. The fraction of sp³-hybridized carbons (Fsp3) is 0.606. The summed E-state index contributed by atoms with van der Waals surface area (Å²) in [5.41, 5.74) is 5.93. The van der Waals surface area contributed by atoms with Crippen LogP contribution in [0.3, 0.4) is 0 Å². The number of benzene rings is 1. The van der Waals surface area contributed by atoms with Gasteiger partial charge < -0.3 is 35.4 Å². The van der Waals surface area contributed by atoms with Crippen LogP contribution in [-0.2, 0) is 28.7 Å². The van der Waals surface area contributed by atoms with E-state index in [9.17, 15) is 27.6 Å². The van der Waals surface area contributed by atoms with Crippen molar-refractivity contribution in [1.82, 2.24) is 24.5 Å². The predicted molar refractivity (Wildman–Crippen MR) is 179 cm³/mol. The number of piperazine rings is 1. The van der Waals surface area contributed by atoms with Crippen molar-refractivity contribution in [2.75, 3.05) is 57.4 Å². The number of rotatable bonds is 6. The van der Waals surface area contributed by atoms with Crippen LogP contribution in [0.4, 0.5) is 34.1 Å². The van der Waals surface area contributed by atoms with Gasteiger partial charge in [-0.15, -0.1) is 11.3 Å². The Bertz CT molecular complexity index is 1590. The zero-order chi connectivity index (χ0) is 34.6. The summed E-state index contributed by atoms with van der Waals surface area (Å²) in [4.78, 5) is 50.2. The molecule has 0 saturated carbocycles. The second-order valence-corrected chi connectivity index (χ2v) is 15.1. The number of alkyl halides is 3. The average Bonchev–Trinajstić information content (AvgIpc) is 3.80. The molecule has 2 bridgehead atoms. The largest absolute Gasteiger partial charge is 0.436 e. The second kappa shape index (κ2) is 13.5. The zero-order valence-electron chi connectivity index (χ0n) is 27.3. The number of carbonyl (C=O) groups is 3. The molecule has 3 N–H and O–H groups in total. The minimum atomic E-state index is -4.76. The fourth-order valence-electron chi connectivity index (χ4n) is 8.23. The molecule has 0 aliphatic carbocycles. The molecule has 3 atom stereocenters. The Hall–Kier alpha value is -3.27. The number of nitrogen functional groups attached to an aromatic ring is 1. The van der Waals surface area contributed by atoms with Gasteiger partial charge in [-0.1, -0.05) is 11.6 Å². The minimum absolute atomic E-state index is 0.0836. The van der Waals surface area contributed by atoms with Gasteiger partial charge in [0.2, 0.25) is 0 Å². The van der Waals surface area contributed by atoms with E-state index < -0.39 is 35.5 Å². The third kappa shape index (κ3) is 6.91. The van der Waals surface area contributed by atoms with E-state index >= 15 is 0 Å². The number of ether oxygens (including phenoxy) is 1. The van der Waals surface area contributed by atoms with Gasteiger partial charge in [-0.3, -0.25) is 9.69 Å². The summed E-state index contributed by atoms with van der Waals surface area (Å²) in [6, 6.07) is 3.35. The first kappa shape index (κ1) is 34.2. The number of nitrogens with one attached hydrogen (secondary N) is 1. The lowest BCUT2D eigenvalue weighted by Gasteiger charge is -2.42. The number of hydrogen-bond acceptors (Lipinski definition) is 8. The summed E-state index contributed by atoms with van der Waals surface area (Å²) in [6.45, 7) is 4.09. The lowest BCUT2D eigenvalue weighted by molar-refractivity contribution is -0.142. The number of urea groups is 1. The Morgan fingerprint density at radius 2 is 1.71 bits per heavy atom. The third-order valence-corrected chi connectivity index (χ3v) is 12.1. The number of nitrogens with zero attached hydrogens (tertiary/aromatic N) is 5. The number of hydrogen-bond donors (Lipinski definition) is 2. The van der Waals surface area contributed by atoms with Gasteiger partial charge in [0.05, 0.1) is 28.5 Å². The highest BCUT2D eigenvalue weighted by Gasteiger charge is 2.45. The van der Waals surface area contributed by atoms with Crippen molar-refractivity contribution >= 4 is 52.3 Å². The molecule has 0 spiro atoms. The molecule has 5 aliphatic rings. The maximum Gasteiger partial charge on any atom is 0.418 e. The monoisotopic (exact) mass is 723 g/mol. The first-order valence-electron chi connectivity index (χ1n) is 16.8. The smallest absolute Gasteiger partial charge is 0.418 e. The number of nitrogens with two attached hydrogens (primary N) is 1. The maximum absolute atomic E-state index is 14.0. The topological polar surface area (TPSA) is 115 Å². The van der Waals surface area contributed by atoms with Gasteiger partial charge in [0, 0.05) is 80.8 Å². The molecule has 5 aliphatic heterocycles. The Balaban J connectivity index is 1.02. The summed E-state index contributed by atoms with van der Waals surface area (Å²) in [6.07, 6.45) is -3.37. The molecule has 1 aromatic heterocycles. The van der Waals surface area contributed by atoms with Crippen molar-refractivity contribution in [3.63, 3.8) is 0 Å². The van der Waals surface area contributed by atoms with Crippen LogP contribution in [0.25, 0.3) is 0 Å². The summed E-state index contributed by atoms with van der Waals surface area (Å²) < 4.78 is 47.2. The fourth-order valence-corrected chi connectivity index (χ4v) is 9.26. The Labute approximate surface area is 292 Å². The van der Waals surface area contributed by atoms with Crippen LogP contribution in [0, 0.1) is 0 Å². The molecule has 0 radical (unpaired) electrons. The summed E-state index contributed by atoms with van der Waals surface area (Å²) in [5.74, 6) is -0.442. The van der Waals surface area contributed by atoms with Gasteiger partial charge in [-0.25, -0.2) is 9.59 Å². The first-order valence-corrected chi connectivity index (χ1v) is 18.2. The van der Waals surface area contributed by atoms with Crippen molar-refractivity contribution in [2.45, 2.75) is 81.5 Å². The summed E-state index contributed by atoms with van der Waals surface area (Å²) in [5, 5.41) is 6.55. The quantitative estimate of drug-likeness (QED) is 0.406. The minimum Gasteiger partial charge on any atom is -0.436 e. The molecule has 11 nitrogen and oxygen atoms in total. The van der Waals surface area contributed by atoms with Crippen molar-refractivity contribution in [2.24, 2.45) is 0 Å². The number of fused-ring (bicyclic) bond motifs is 3. The zero-order valence-corrected chi connectivity index (χ0v) is 28.8. The average molecular weight is 724 g/mol. The van der Waals surface area contributed by atoms with Crippen LogP contribution >= 0.6 is 22.9 Å². The van der Waals surface area contributed by atoms with E-state index in [-0.39, 0.29) is 29.1 Å². The summed E-state index contributed by atoms with van der Waals surface area (Å²) >= 11 is 7.64. The van der Waals surface area contributed by atoms with Crippen molar-refractivity contribution in [1.29, 1.82) is 0 Å². The Morgan fingerprint density at radius 1 is 1.02 bits per heavy atom. The van der Waals surface area contributed by atoms with E-state index in [1.54, 1.807) is 9.80 Å². The van der Waals surface area contributed by atoms with Gasteiger partial charge in [-0.05, 0) is 62.2 Å². The lowest BCUT2D eigenvalue weighted by atomic mass is 9.99. The van der Waals surface area contributed by atoms with E-state index in [0.717, 1.165) is 49.7 Å². The van der Waals surface area contributed by atoms with Gasteiger partial charge in [-0.2, -0.15) is 13.2 Å². The molecule has 6 heterocycles.